The molecule has 0 fully saturated rings. The number of fused-ring (bicyclic) bond motifs is 1. The average Bonchev–Trinajstić information content (AvgIpc) is 2.81. The molecule has 3 nitrogen and oxygen atoms in total. The van der Waals surface area contributed by atoms with Crippen molar-refractivity contribution in [3.05, 3.63) is 64.7 Å². The van der Waals surface area contributed by atoms with Gasteiger partial charge in [0.25, 0.3) is 0 Å². The van der Waals surface area contributed by atoms with E-state index in [2.05, 4.69) is 4.98 Å². The Labute approximate surface area is 119 Å². The molecule has 0 radical (unpaired) electrons. The highest BCUT2D eigenvalue weighted by atomic mass is 35.5. The maximum Gasteiger partial charge on any atom is 0.153 e. The maximum absolute atomic E-state index is 12.9. The minimum absolute atomic E-state index is 0.278. The zero-order valence-electron chi connectivity index (χ0n) is 10.4. The first-order valence-electron chi connectivity index (χ1n) is 6.02. The Balaban J connectivity index is 2.11. The second-order valence-corrected chi connectivity index (χ2v) is 4.85. The summed E-state index contributed by atoms with van der Waals surface area (Å²) in [5, 5.41) is 0.533. The Kier molecular flexibility index (Phi) is 3.24. The molecule has 0 aliphatic rings. The molecule has 0 N–H and O–H groups in total. The van der Waals surface area contributed by atoms with Crippen LogP contribution in [0.25, 0.3) is 11.0 Å². The number of pyridine rings is 1. The Morgan fingerprint density at radius 3 is 2.70 bits per heavy atom. The van der Waals surface area contributed by atoms with Crippen molar-refractivity contribution in [2.75, 3.05) is 0 Å². The molecule has 100 valence electrons. The fourth-order valence-corrected chi connectivity index (χ4v) is 2.46. The van der Waals surface area contributed by atoms with Crippen LogP contribution in [-0.4, -0.2) is 15.8 Å². The predicted molar refractivity (Wildman–Crippen MR) is 75.6 cm³/mol. The van der Waals surface area contributed by atoms with Crippen LogP contribution in [0.5, 0.6) is 0 Å². The van der Waals surface area contributed by atoms with E-state index in [9.17, 15) is 9.18 Å². The molecule has 20 heavy (non-hydrogen) atoms. The van der Waals surface area contributed by atoms with Gasteiger partial charge in [-0.1, -0.05) is 23.7 Å². The number of carbonyl (C=O) groups is 1. The topological polar surface area (TPSA) is 34.9 Å². The van der Waals surface area contributed by atoms with Gasteiger partial charge in [-0.3, -0.25) is 9.78 Å². The fourth-order valence-electron chi connectivity index (χ4n) is 2.21. The number of aromatic nitrogens is 2. The molecular weight excluding hydrogens is 279 g/mol. The highest BCUT2D eigenvalue weighted by molar-refractivity contribution is 6.35. The van der Waals surface area contributed by atoms with Gasteiger partial charge in [0, 0.05) is 18.9 Å². The number of aldehydes is 1. The third kappa shape index (κ3) is 2.18. The van der Waals surface area contributed by atoms with E-state index >= 15 is 0 Å². The Morgan fingerprint density at radius 2 is 2.00 bits per heavy atom. The number of rotatable bonds is 3. The van der Waals surface area contributed by atoms with Crippen LogP contribution in [0.15, 0.2) is 42.7 Å². The molecule has 0 atom stereocenters. The molecule has 0 saturated heterocycles. The van der Waals surface area contributed by atoms with Crippen molar-refractivity contribution < 1.29 is 9.18 Å². The van der Waals surface area contributed by atoms with Crippen LogP contribution in [-0.2, 0) is 6.54 Å². The minimum Gasteiger partial charge on any atom is -0.340 e. The molecule has 5 heteroatoms. The molecular formula is C15H10ClFN2O. The molecule has 2 aromatic heterocycles. The lowest BCUT2D eigenvalue weighted by molar-refractivity contribution is 0.112. The van der Waals surface area contributed by atoms with Gasteiger partial charge in [-0.2, -0.15) is 0 Å². The lowest BCUT2D eigenvalue weighted by Crippen LogP contribution is -1.98. The second-order valence-electron chi connectivity index (χ2n) is 4.45. The van der Waals surface area contributed by atoms with Crippen LogP contribution < -0.4 is 0 Å². The summed E-state index contributed by atoms with van der Waals surface area (Å²) in [6, 6.07) is 7.89. The first-order chi connectivity index (χ1) is 9.69. The molecule has 0 amide bonds. The van der Waals surface area contributed by atoms with Gasteiger partial charge in [-0.25, -0.2) is 4.39 Å². The first kappa shape index (κ1) is 12.8. The lowest BCUT2D eigenvalue weighted by atomic mass is 10.2. The molecule has 0 bridgehead atoms. The Bertz CT molecular complexity index is 780. The summed E-state index contributed by atoms with van der Waals surface area (Å²) >= 11 is 6.19. The van der Waals surface area contributed by atoms with Crippen molar-refractivity contribution in [2.24, 2.45) is 0 Å². The van der Waals surface area contributed by atoms with Crippen LogP contribution in [0, 0.1) is 5.82 Å². The van der Waals surface area contributed by atoms with Gasteiger partial charge in [0.1, 0.15) is 11.3 Å². The summed E-state index contributed by atoms with van der Waals surface area (Å²) < 4.78 is 14.8. The molecule has 0 aliphatic heterocycles. The second kappa shape index (κ2) is 5.06. The summed E-state index contributed by atoms with van der Waals surface area (Å²) in [6.07, 6.45) is 4.03. The number of hydrogen-bond donors (Lipinski definition) is 0. The molecule has 0 unspecified atom stereocenters. The van der Waals surface area contributed by atoms with E-state index in [0.29, 0.717) is 28.2 Å². The van der Waals surface area contributed by atoms with Gasteiger partial charge in [-0.05, 0) is 23.8 Å². The van der Waals surface area contributed by atoms with Crippen LogP contribution in [0.2, 0.25) is 5.02 Å². The van der Waals surface area contributed by atoms with Crippen LogP contribution in [0.4, 0.5) is 4.39 Å². The summed E-state index contributed by atoms with van der Waals surface area (Å²) in [6.45, 7) is 0.496. The maximum atomic E-state index is 12.9. The molecule has 1 aromatic carbocycles. The van der Waals surface area contributed by atoms with E-state index in [1.165, 1.54) is 12.1 Å². The van der Waals surface area contributed by atoms with E-state index < -0.39 is 0 Å². The van der Waals surface area contributed by atoms with Crippen molar-refractivity contribution in [3.63, 3.8) is 0 Å². The fraction of sp³-hybridized carbons (Fsp3) is 0.0667. The monoisotopic (exact) mass is 288 g/mol. The zero-order chi connectivity index (χ0) is 14.1. The highest BCUT2D eigenvalue weighted by Gasteiger charge is 2.12. The summed E-state index contributed by atoms with van der Waals surface area (Å²) in [7, 11) is 0. The summed E-state index contributed by atoms with van der Waals surface area (Å²) in [5.74, 6) is -0.278. The third-order valence-corrected chi connectivity index (χ3v) is 3.43. The Hall–Kier alpha value is -2.20. The van der Waals surface area contributed by atoms with Crippen molar-refractivity contribution in [2.45, 2.75) is 6.54 Å². The van der Waals surface area contributed by atoms with E-state index in [-0.39, 0.29) is 5.82 Å². The predicted octanol–water partition coefficient (Wildman–Crippen LogP) is 3.69. The van der Waals surface area contributed by atoms with E-state index in [1.807, 2.05) is 4.57 Å². The molecule has 0 spiro atoms. The van der Waals surface area contributed by atoms with E-state index in [0.717, 1.165) is 11.8 Å². The molecule has 3 aromatic rings. The summed E-state index contributed by atoms with van der Waals surface area (Å²) in [5.41, 5.74) is 2.69. The van der Waals surface area contributed by atoms with Crippen molar-refractivity contribution in [3.8, 4) is 0 Å². The minimum atomic E-state index is -0.278. The molecule has 0 saturated carbocycles. The third-order valence-electron chi connectivity index (χ3n) is 3.12. The molecule has 2 heterocycles. The van der Waals surface area contributed by atoms with Gasteiger partial charge >= 0.3 is 0 Å². The van der Waals surface area contributed by atoms with Crippen LogP contribution >= 0.6 is 11.6 Å². The summed E-state index contributed by atoms with van der Waals surface area (Å²) in [4.78, 5) is 15.3. The van der Waals surface area contributed by atoms with Gasteiger partial charge in [0.15, 0.2) is 6.29 Å². The number of hydrogen-bond acceptors (Lipinski definition) is 2. The Morgan fingerprint density at radius 1 is 1.25 bits per heavy atom. The first-order valence-corrected chi connectivity index (χ1v) is 6.40. The van der Waals surface area contributed by atoms with Gasteiger partial charge in [0.05, 0.1) is 16.1 Å². The van der Waals surface area contributed by atoms with Crippen LogP contribution in [0.3, 0.4) is 0 Å². The van der Waals surface area contributed by atoms with Gasteiger partial charge in [-0.15, -0.1) is 0 Å². The van der Waals surface area contributed by atoms with Crippen molar-refractivity contribution in [1.82, 2.24) is 9.55 Å². The van der Waals surface area contributed by atoms with Gasteiger partial charge < -0.3 is 4.57 Å². The van der Waals surface area contributed by atoms with Gasteiger partial charge in [0.2, 0.25) is 0 Å². The van der Waals surface area contributed by atoms with Crippen molar-refractivity contribution >= 4 is 28.9 Å². The van der Waals surface area contributed by atoms with Crippen molar-refractivity contribution in [1.29, 1.82) is 0 Å². The smallest absolute Gasteiger partial charge is 0.153 e. The number of halogens is 2. The normalized spacial score (nSPS) is 10.9. The lowest BCUT2D eigenvalue weighted by Gasteiger charge is -2.06. The largest absolute Gasteiger partial charge is 0.340 e. The number of carbonyl (C=O) groups excluding carboxylic acids is 1. The quantitative estimate of drug-likeness (QED) is 0.689. The van der Waals surface area contributed by atoms with Crippen LogP contribution in [0.1, 0.15) is 15.9 Å². The number of benzene rings is 1. The molecule has 3 rings (SSSR count). The highest BCUT2D eigenvalue weighted by Crippen LogP contribution is 2.26. The standard InChI is InChI=1S/C15H10ClFN2O/c16-13-5-6-18-14-11(9-20)8-19(15(13)14)7-10-1-3-12(17)4-2-10/h1-6,8-9H,7H2. The van der Waals surface area contributed by atoms with E-state index in [1.54, 1.807) is 30.6 Å². The average molecular weight is 289 g/mol. The number of nitrogens with zero attached hydrogens (tertiary/aromatic N) is 2. The SMILES string of the molecule is O=Cc1cn(Cc2ccc(F)cc2)c2c(Cl)ccnc12. The van der Waals surface area contributed by atoms with E-state index in [4.69, 9.17) is 11.6 Å². The zero-order valence-corrected chi connectivity index (χ0v) is 11.1. The molecule has 0 aliphatic carbocycles.